The van der Waals surface area contributed by atoms with E-state index in [1.54, 1.807) is 2.89 Å². The number of ether oxygens (including phenoxy) is 2. The summed E-state index contributed by atoms with van der Waals surface area (Å²) in [5.41, 5.74) is 0. The average molecular weight is 403 g/mol. The third-order valence-corrected chi connectivity index (χ3v) is 14.3. The van der Waals surface area contributed by atoms with E-state index in [2.05, 4.69) is 33.9 Å². The topological polar surface area (TPSA) is 18.5 Å². The van der Waals surface area contributed by atoms with E-state index in [9.17, 15) is 0 Å². The molecule has 20 heavy (non-hydrogen) atoms. The molecule has 0 spiro atoms. The Balaban J connectivity index is 1.76. The van der Waals surface area contributed by atoms with Gasteiger partial charge in [0, 0.05) is 0 Å². The summed E-state index contributed by atoms with van der Waals surface area (Å²) in [6.45, 7) is 3.96. The zero-order valence-corrected chi connectivity index (χ0v) is 16.9. The van der Waals surface area contributed by atoms with Crippen molar-refractivity contribution < 1.29 is 9.47 Å². The van der Waals surface area contributed by atoms with Crippen LogP contribution in [0.4, 0.5) is 0 Å². The molecule has 2 atom stereocenters. The minimum atomic E-state index is -1.86. The van der Waals surface area contributed by atoms with Crippen molar-refractivity contribution in [2.24, 2.45) is 5.92 Å². The molecule has 0 aliphatic carbocycles. The van der Waals surface area contributed by atoms with Crippen molar-refractivity contribution in [1.82, 2.24) is 0 Å². The SMILES string of the molecule is C[C@H](COC1CCCCO1)Cc1cc[c]([Sn]([CH3])([CH3])[CH3])s1. The van der Waals surface area contributed by atoms with Gasteiger partial charge in [0.1, 0.15) is 0 Å². The van der Waals surface area contributed by atoms with E-state index in [0.29, 0.717) is 5.92 Å². The minimum absolute atomic E-state index is 0.0517. The molecule has 0 N–H and O–H groups in total. The van der Waals surface area contributed by atoms with Crippen LogP contribution in [0.15, 0.2) is 12.1 Å². The van der Waals surface area contributed by atoms with E-state index in [4.69, 9.17) is 9.47 Å². The molecule has 114 valence electrons. The Labute approximate surface area is 131 Å². The normalized spacial score (nSPS) is 21.9. The van der Waals surface area contributed by atoms with Gasteiger partial charge in [-0.1, -0.05) is 0 Å². The predicted octanol–water partition coefficient (Wildman–Crippen LogP) is 4.02. The molecule has 0 amide bonds. The molecule has 1 aromatic rings. The number of rotatable bonds is 6. The first-order chi connectivity index (χ1) is 9.45. The van der Waals surface area contributed by atoms with Crippen LogP contribution in [0.3, 0.4) is 0 Å². The van der Waals surface area contributed by atoms with Gasteiger partial charge in [-0.2, -0.15) is 0 Å². The second-order valence-corrected chi connectivity index (χ2v) is 23.5. The van der Waals surface area contributed by atoms with E-state index < -0.39 is 18.4 Å². The summed E-state index contributed by atoms with van der Waals surface area (Å²) in [6, 6.07) is 4.70. The van der Waals surface area contributed by atoms with Gasteiger partial charge in [-0.15, -0.1) is 0 Å². The van der Waals surface area contributed by atoms with Crippen LogP contribution < -0.4 is 2.89 Å². The average Bonchev–Trinajstić information content (AvgIpc) is 2.86. The Morgan fingerprint density at radius 3 is 2.75 bits per heavy atom. The van der Waals surface area contributed by atoms with Gasteiger partial charge in [0.25, 0.3) is 0 Å². The summed E-state index contributed by atoms with van der Waals surface area (Å²) in [4.78, 5) is 8.97. The predicted molar refractivity (Wildman–Crippen MR) is 89.7 cm³/mol. The summed E-state index contributed by atoms with van der Waals surface area (Å²) in [5.74, 6) is 0.571. The molecule has 0 saturated carbocycles. The van der Waals surface area contributed by atoms with Gasteiger partial charge in [0.2, 0.25) is 0 Å². The van der Waals surface area contributed by atoms with Crippen LogP contribution >= 0.6 is 11.3 Å². The fourth-order valence-electron chi connectivity index (χ4n) is 2.41. The monoisotopic (exact) mass is 404 g/mol. The Hall–Kier alpha value is 0.419. The van der Waals surface area contributed by atoms with E-state index in [1.165, 1.54) is 17.7 Å². The molecule has 0 radical (unpaired) electrons. The molecule has 0 aromatic carbocycles. The Morgan fingerprint density at radius 2 is 2.15 bits per heavy atom. The van der Waals surface area contributed by atoms with Gasteiger partial charge >= 0.3 is 132 Å². The first-order valence-electron chi connectivity index (χ1n) is 7.77. The molecule has 1 aromatic heterocycles. The fraction of sp³-hybridized carbons (Fsp3) is 0.750. The van der Waals surface area contributed by atoms with E-state index in [-0.39, 0.29) is 6.29 Å². The van der Waals surface area contributed by atoms with Crippen molar-refractivity contribution in [1.29, 1.82) is 0 Å². The molecule has 1 fully saturated rings. The standard InChI is InChI=1S/C13H19O2S.3CH3.Sn/c1-11(9-12-5-4-8-16-12)10-15-13-6-2-3-7-14-13;;;;/h4-5,11,13H,2-3,6-7,9-10H2,1H3;3*1H3;/t11-,13?;;;;/m0..../s1. The van der Waals surface area contributed by atoms with Crippen LogP contribution in [0, 0.1) is 5.92 Å². The van der Waals surface area contributed by atoms with Crippen LogP contribution in [0.1, 0.15) is 31.1 Å². The van der Waals surface area contributed by atoms with Crippen molar-refractivity contribution in [3.63, 3.8) is 0 Å². The summed E-state index contributed by atoms with van der Waals surface area (Å²) in [6.07, 6.45) is 4.68. The summed E-state index contributed by atoms with van der Waals surface area (Å²) in [7, 11) is 0. The number of hydrogen-bond donors (Lipinski definition) is 0. The van der Waals surface area contributed by atoms with E-state index in [1.807, 2.05) is 11.3 Å². The number of thiophene rings is 1. The maximum atomic E-state index is 5.89. The van der Waals surface area contributed by atoms with Crippen LogP contribution in [0.25, 0.3) is 0 Å². The van der Waals surface area contributed by atoms with Gasteiger partial charge in [-0.05, 0) is 0 Å². The van der Waals surface area contributed by atoms with Crippen molar-refractivity contribution in [3.05, 3.63) is 17.0 Å². The van der Waals surface area contributed by atoms with Crippen molar-refractivity contribution >= 4 is 32.6 Å². The molecule has 1 unspecified atom stereocenters. The molecular weight excluding hydrogens is 375 g/mol. The third kappa shape index (κ3) is 5.32. The van der Waals surface area contributed by atoms with Gasteiger partial charge in [0.05, 0.1) is 0 Å². The van der Waals surface area contributed by atoms with Crippen molar-refractivity contribution in [2.75, 3.05) is 13.2 Å². The van der Waals surface area contributed by atoms with Crippen molar-refractivity contribution in [3.8, 4) is 0 Å². The summed E-state index contributed by atoms with van der Waals surface area (Å²) < 4.78 is 13.2. The first kappa shape index (κ1) is 16.8. The van der Waals surface area contributed by atoms with Gasteiger partial charge in [0.15, 0.2) is 0 Å². The molecule has 4 heteroatoms. The Kier molecular flexibility index (Phi) is 6.39. The zero-order valence-electron chi connectivity index (χ0n) is 13.3. The van der Waals surface area contributed by atoms with Crippen LogP contribution in [0.2, 0.25) is 14.8 Å². The first-order valence-corrected chi connectivity index (χ1v) is 18.6. The van der Waals surface area contributed by atoms with Crippen LogP contribution in [-0.4, -0.2) is 37.9 Å². The summed E-state index contributed by atoms with van der Waals surface area (Å²) in [5, 5.41) is 0. The molecule has 2 rings (SSSR count). The van der Waals surface area contributed by atoms with Gasteiger partial charge in [-0.3, -0.25) is 0 Å². The van der Waals surface area contributed by atoms with Crippen LogP contribution in [-0.2, 0) is 15.9 Å². The molecule has 1 aliphatic rings. The molecule has 2 heterocycles. The Morgan fingerprint density at radius 1 is 1.35 bits per heavy atom. The van der Waals surface area contributed by atoms with E-state index in [0.717, 1.165) is 26.1 Å². The summed E-state index contributed by atoms with van der Waals surface area (Å²) >= 11 is 0.176. The van der Waals surface area contributed by atoms with Gasteiger partial charge in [-0.25, -0.2) is 0 Å². The Bertz CT molecular complexity index is 405. The van der Waals surface area contributed by atoms with Crippen molar-refractivity contribution in [2.45, 2.75) is 53.7 Å². The molecule has 2 nitrogen and oxygen atoms in total. The molecule has 1 saturated heterocycles. The number of hydrogen-bond acceptors (Lipinski definition) is 3. The van der Waals surface area contributed by atoms with Crippen LogP contribution in [0.5, 0.6) is 0 Å². The fourth-order valence-corrected chi connectivity index (χ4v) is 9.04. The van der Waals surface area contributed by atoms with E-state index >= 15 is 0 Å². The van der Waals surface area contributed by atoms with Gasteiger partial charge < -0.3 is 0 Å². The third-order valence-electron chi connectivity index (χ3n) is 3.66. The quantitative estimate of drug-likeness (QED) is 0.669. The molecule has 0 bridgehead atoms. The second-order valence-electron chi connectivity index (χ2n) is 6.95. The second kappa shape index (κ2) is 7.61. The molecular formula is C16H28O2SSn. The zero-order chi connectivity index (χ0) is 14.6. The maximum absolute atomic E-state index is 5.89. The molecule has 1 aliphatic heterocycles.